The minimum atomic E-state index is 0.314. The van der Waals surface area contributed by atoms with Crippen LogP contribution in [0.4, 0.5) is 0 Å². The van der Waals surface area contributed by atoms with Gasteiger partial charge in [-0.3, -0.25) is 0 Å². The number of hydrogen-bond donors (Lipinski definition) is 1. The number of imidazole rings is 1. The summed E-state index contributed by atoms with van der Waals surface area (Å²) in [6.45, 7) is 3.03. The topological polar surface area (TPSA) is 43.8 Å². The van der Waals surface area contributed by atoms with Crippen molar-refractivity contribution < 1.29 is 0 Å². The molecular formula is C16H25N3. The smallest absolute Gasteiger partial charge is 0.105 e. The normalized spacial score (nSPS) is 41.7. The van der Waals surface area contributed by atoms with Crippen molar-refractivity contribution in [2.45, 2.75) is 58.0 Å². The number of nitrogens with zero attached hydrogens (tertiary/aromatic N) is 2. The van der Waals surface area contributed by atoms with Crippen LogP contribution in [0.25, 0.3) is 0 Å². The summed E-state index contributed by atoms with van der Waals surface area (Å²) >= 11 is 0. The van der Waals surface area contributed by atoms with Gasteiger partial charge in [-0.25, -0.2) is 4.98 Å². The predicted molar refractivity (Wildman–Crippen MR) is 75.5 cm³/mol. The standard InChI is InChI=1S/C16H25N3/c1-11-18-2-3-19(11)10-15(17)16-7-12-4-13(8-16)6-14(5-12)9-16/h2-3,12-15H,4-10,17H2,1H3. The highest BCUT2D eigenvalue weighted by molar-refractivity contribution is 5.06. The summed E-state index contributed by atoms with van der Waals surface area (Å²) in [4.78, 5) is 4.32. The van der Waals surface area contributed by atoms with Gasteiger partial charge in [0.05, 0.1) is 0 Å². The van der Waals surface area contributed by atoms with E-state index in [1.54, 1.807) is 0 Å². The molecule has 4 saturated carbocycles. The molecule has 5 rings (SSSR count). The van der Waals surface area contributed by atoms with Crippen molar-refractivity contribution in [1.29, 1.82) is 0 Å². The highest BCUT2D eigenvalue weighted by atomic mass is 15.1. The van der Waals surface area contributed by atoms with Gasteiger partial charge in [0.1, 0.15) is 5.82 Å². The number of rotatable bonds is 3. The first-order chi connectivity index (χ1) is 9.14. The zero-order valence-corrected chi connectivity index (χ0v) is 11.9. The Labute approximate surface area is 115 Å². The zero-order chi connectivity index (χ0) is 13.0. The summed E-state index contributed by atoms with van der Waals surface area (Å²) in [7, 11) is 0. The van der Waals surface area contributed by atoms with Gasteiger partial charge in [0, 0.05) is 25.0 Å². The Morgan fingerprint density at radius 2 is 1.84 bits per heavy atom. The fraction of sp³-hybridized carbons (Fsp3) is 0.812. The van der Waals surface area contributed by atoms with Crippen LogP contribution in [0.15, 0.2) is 12.4 Å². The van der Waals surface area contributed by atoms with Crippen LogP contribution >= 0.6 is 0 Å². The van der Waals surface area contributed by atoms with Crippen molar-refractivity contribution in [2.24, 2.45) is 28.9 Å². The molecule has 4 fully saturated rings. The molecule has 0 spiro atoms. The predicted octanol–water partition coefficient (Wildman–Crippen LogP) is 2.74. The lowest BCUT2D eigenvalue weighted by molar-refractivity contribution is -0.0695. The van der Waals surface area contributed by atoms with Crippen LogP contribution in [0, 0.1) is 30.1 Å². The van der Waals surface area contributed by atoms with Crippen LogP contribution in [-0.4, -0.2) is 15.6 Å². The number of nitrogens with two attached hydrogens (primary N) is 1. The van der Waals surface area contributed by atoms with E-state index in [9.17, 15) is 0 Å². The molecule has 2 N–H and O–H groups in total. The Morgan fingerprint density at radius 1 is 1.26 bits per heavy atom. The molecule has 3 heteroatoms. The second kappa shape index (κ2) is 4.08. The maximum absolute atomic E-state index is 6.68. The molecule has 104 valence electrons. The van der Waals surface area contributed by atoms with Crippen LogP contribution in [0.5, 0.6) is 0 Å². The second-order valence-corrected chi connectivity index (χ2v) is 7.51. The summed E-state index contributed by atoms with van der Waals surface area (Å²) in [5.74, 6) is 4.06. The van der Waals surface area contributed by atoms with Crippen molar-refractivity contribution in [3.05, 3.63) is 18.2 Å². The van der Waals surface area contributed by atoms with Crippen molar-refractivity contribution in [3.63, 3.8) is 0 Å². The first-order valence-corrected chi connectivity index (χ1v) is 7.88. The van der Waals surface area contributed by atoms with Crippen LogP contribution in [0.1, 0.15) is 44.3 Å². The molecule has 0 aromatic carbocycles. The van der Waals surface area contributed by atoms with Gasteiger partial charge in [-0.1, -0.05) is 0 Å². The molecule has 3 nitrogen and oxygen atoms in total. The monoisotopic (exact) mass is 259 g/mol. The molecule has 19 heavy (non-hydrogen) atoms. The summed E-state index contributed by atoms with van der Waals surface area (Å²) in [6.07, 6.45) is 12.6. The Balaban J connectivity index is 1.56. The van der Waals surface area contributed by atoms with E-state index in [-0.39, 0.29) is 0 Å². The molecule has 1 heterocycles. The number of aromatic nitrogens is 2. The van der Waals surface area contributed by atoms with Crippen LogP contribution in [0.2, 0.25) is 0 Å². The average Bonchev–Trinajstić information content (AvgIpc) is 2.73. The fourth-order valence-corrected chi connectivity index (χ4v) is 5.63. The molecule has 4 aliphatic rings. The van der Waals surface area contributed by atoms with Crippen LogP contribution in [-0.2, 0) is 6.54 Å². The third kappa shape index (κ3) is 1.85. The molecular weight excluding hydrogens is 234 g/mol. The molecule has 1 atom stereocenters. The third-order valence-corrected chi connectivity index (χ3v) is 6.19. The van der Waals surface area contributed by atoms with Gasteiger partial charge in [0.15, 0.2) is 0 Å². The lowest BCUT2D eigenvalue weighted by Crippen LogP contribution is -2.55. The van der Waals surface area contributed by atoms with E-state index in [1.807, 2.05) is 6.20 Å². The van der Waals surface area contributed by atoms with Gasteiger partial charge in [-0.2, -0.15) is 0 Å². The van der Waals surface area contributed by atoms with E-state index in [0.29, 0.717) is 11.5 Å². The molecule has 4 bridgehead atoms. The lowest BCUT2D eigenvalue weighted by Gasteiger charge is -2.59. The van der Waals surface area contributed by atoms with Gasteiger partial charge >= 0.3 is 0 Å². The summed E-state index contributed by atoms with van der Waals surface area (Å²) in [5.41, 5.74) is 7.13. The molecule has 1 unspecified atom stereocenters. The molecule has 0 radical (unpaired) electrons. The summed E-state index contributed by atoms with van der Waals surface area (Å²) < 4.78 is 2.24. The van der Waals surface area contributed by atoms with Gasteiger partial charge < -0.3 is 10.3 Å². The fourth-order valence-electron chi connectivity index (χ4n) is 5.63. The average molecular weight is 259 g/mol. The van der Waals surface area contributed by atoms with Crippen molar-refractivity contribution in [3.8, 4) is 0 Å². The number of aryl methyl sites for hydroxylation is 1. The first kappa shape index (κ1) is 12.0. The Bertz CT molecular complexity index is 441. The Morgan fingerprint density at radius 3 is 2.32 bits per heavy atom. The van der Waals surface area contributed by atoms with Gasteiger partial charge in [0.2, 0.25) is 0 Å². The second-order valence-electron chi connectivity index (χ2n) is 7.51. The molecule has 4 aliphatic carbocycles. The SMILES string of the molecule is Cc1nccn1CC(N)C12CC3CC(CC(C3)C1)C2. The maximum atomic E-state index is 6.68. The summed E-state index contributed by atoms with van der Waals surface area (Å²) in [5, 5.41) is 0. The van der Waals surface area contributed by atoms with E-state index in [1.165, 1.54) is 38.5 Å². The van der Waals surface area contributed by atoms with Gasteiger partial charge in [-0.05, 0) is 68.6 Å². The lowest BCUT2D eigenvalue weighted by atomic mass is 9.48. The molecule has 1 aromatic rings. The quantitative estimate of drug-likeness (QED) is 0.907. The zero-order valence-electron chi connectivity index (χ0n) is 11.9. The highest BCUT2D eigenvalue weighted by Gasteiger charge is 2.53. The van der Waals surface area contributed by atoms with Crippen LogP contribution < -0.4 is 5.73 Å². The molecule has 0 aliphatic heterocycles. The van der Waals surface area contributed by atoms with Gasteiger partial charge in [-0.15, -0.1) is 0 Å². The third-order valence-electron chi connectivity index (χ3n) is 6.19. The van der Waals surface area contributed by atoms with E-state index in [2.05, 4.69) is 22.7 Å². The minimum absolute atomic E-state index is 0.314. The highest BCUT2D eigenvalue weighted by Crippen LogP contribution is 2.61. The maximum Gasteiger partial charge on any atom is 0.105 e. The van der Waals surface area contributed by atoms with E-state index in [4.69, 9.17) is 5.73 Å². The molecule has 1 aromatic heterocycles. The molecule has 0 saturated heterocycles. The van der Waals surface area contributed by atoms with Gasteiger partial charge in [0.25, 0.3) is 0 Å². The first-order valence-electron chi connectivity index (χ1n) is 7.88. The van der Waals surface area contributed by atoms with Crippen LogP contribution in [0.3, 0.4) is 0 Å². The molecule has 0 amide bonds. The number of hydrogen-bond acceptors (Lipinski definition) is 2. The van der Waals surface area contributed by atoms with E-state index >= 15 is 0 Å². The van der Waals surface area contributed by atoms with E-state index < -0.39 is 0 Å². The summed E-state index contributed by atoms with van der Waals surface area (Å²) in [6, 6.07) is 0.314. The minimum Gasteiger partial charge on any atom is -0.334 e. The van der Waals surface area contributed by atoms with E-state index in [0.717, 1.165) is 30.1 Å². The van der Waals surface area contributed by atoms with Crippen molar-refractivity contribution in [1.82, 2.24) is 9.55 Å². The Hall–Kier alpha value is -0.830. The van der Waals surface area contributed by atoms with Crippen molar-refractivity contribution in [2.75, 3.05) is 0 Å². The Kier molecular flexibility index (Phi) is 2.57. The largest absolute Gasteiger partial charge is 0.334 e. The van der Waals surface area contributed by atoms with Crippen molar-refractivity contribution >= 4 is 0 Å².